The molecule has 0 saturated carbocycles. The van der Waals surface area contributed by atoms with Gasteiger partial charge in [-0.15, -0.1) is 0 Å². The Kier molecular flexibility index (Phi) is 3.80. The van der Waals surface area contributed by atoms with Gasteiger partial charge >= 0.3 is 0 Å². The molecular formula is C16H17ClN4. The number of benzene rings is 1. The van der Waals surface area contributed by atoms with Gasteiger partial charge in [-0.05, 0) is 30.7 Å². The molecule has 4 nitrogen and oxygen atoms in total. The number of rotatable bonds is 4. The molecule has 0 unspecified atom stereocenters. The Balaban J connectivity index is 1.89. The van der Waals surface area contributed by atoms with Crippen LogP contribution in [0.5, 0.6) is 0 Å². The first-order chi connectivity index (χ1) is 10.2. The van der Waals surface area contributed by atoms with E-state index in [0.717, 1.165) is 35.2 Å². The van der Waals surface area contributed by atoms with Crippen molar-refractivity contribution in [2.75, 3.05) is 5.32 Å². The molecule has 0 fully saturated rings. The van der Waals surface area contributed by atoms with Crippen LogP contribution in [0.1, 0.15) is 18.2 Å². The minimum absolute atomic E-state index is 0.717. The number of nitrogens with one attached hydrogen (secondary N) is 1. The van der Waals surface area contributed by atoms with Crippen LogP contribution in [0, 0.1) is 0 Å². The maximum atomic E-state index is 6.09. The second kappa shape index (κ2) is 5.74. The molecule has 0 amide bonds. The molecule has 2 aromatic heterocycles. The number of hydrogen-bond acceptors (Lipinski definition) is 3. The van der Waals surface area contributed by atoms with Gasteiger partial charge in [0.1, 0.15) is 0 Å². The van der Waals surface area contributed by atoms with E-state index in [-0.39, 0.29) is 0 Å². The van der Waals surface area contributed by atoms with Gasteiger partial charge in [-0.3, -0.25) is 9.67 Å². The Morgan fingerprint density at radius 2 is 2.14 bits per heavy atom. The smallest absolute Gasteiger partial charge is 0.0723 e. The zero-order chi connectivity index (χ0) is 14.8. The molecule has 0 bridgehead atoms. The number of aromatic nitrogens is 3. The second-order valence-corrected chi connectivity index (χ2v) is 5.44. The third-order valence-corrected chi connectivity index (χ3v) is 3.73. The van der Waals surface area contributed by atoms with Crippen LogP contribution < -0.4 is 5.32 Å². The van der Waals surface area contributed by atoms with Gasteiger partial charge in [0.25, 0.3) is 0 Å². The van der Waals surface area contributed by atoms with Gasteiger partial charge in [0, 0.05) is 47.6 Å². The van der Waals surface area contributed by atoms with E-state index in [9.17, 15) is 0 Å². The van der Waals surface area contributed by atoms with Gasteiger partial charge < -0.3 is 5.32 Å². The van der Waals surface area contributed by atoms with Crippen LogP contribution in [-0.2, 0) is 20.0 Å². The summed E-state index contributed by atoms with van der Waals surface area (Å²) in [5.41, 5.74) is 4.31. The summed E-state index contributed by atoms with van der Waals surface area (Å²) in [6.07, 6.45) is 4.80. The number of aryl methyl sites for hydroxylation is 2. The largest absolute Gasteiger partial charge is 0.380 e. The standard InChI is InChI=1S/C16H17ClN4/c1-3-14-11(10-21(2)20-14)9-19-16-6-7-18-15-5-4-12(17)8-13(15)16/h4-8,10H,3,9H2,1-2H3,(H,18,19). The fourth-order valence-electron chi connectivity index (χ4n) is 2.49. The van der Waals surface area contributed by atoms with Crippen LogP contribution in [0.25, 0.3) is 10.9 Å². The van der Waals surface area contributed by atoms with Crippen molar-refractivity contribution < 1.29 is 0 Å². The van der Waals surface area contributed by atoms with Crippen molar-refractivity contribution in [2.45, 2.75) is 19.9 Å². The van der Waals surface area contributed by atoms with Gasteiger partial charge in [0.15, 0.2) is 0 Å². The topological polar surface area (TPSA) is 42.7 Å². The van der Waals surface area contributed by atoms with E-state index in [4.69, 9.17) is 11.6 Å². The van der Waals surface area contributed by atoms with Crippen molar-refractivity contribution in [3.63, 3.8) is 0 Å². The Bertz CT molecular complexity index is 779. The van der Waals surface area contributed by atoms with Crippen LogP contribution in [0.3, 0.4) is 0 Å². The lowest BCUT2D eigenvalue weighted by atomic mass is 10.1. The van der Waals surface area contributed by atoms with E-state index in [2.05, 4.69) is 28.5 Å². The highest BCUT2D eigenvalue weighted by molar-refractivity contribution is 6.31. The van der Waals surface area contributed by atoms with Crippen molar-refractivity contribution in [1.29, 1.82) is 0 Å². The first-order valence-electron chi connectivity index (χ1n) is 6.97. The van der Waals surface area contributed by atoms with Crippen LogP contribution in [0.4, 0.5) is 5.69 Å². The third kappa shape index (κ3) is 2.85. The summed E-state index contributed by atoms with van der Waals surface area (Å²) in [6, 6.07) is 7.71. The average Bonchev–Trinajstić information content (AvgIpc) is 2.85. The molecule has 5 heteroatoms. The average molecular weight is 301 g/mol. The molecule has 0 saturated heterocycles. The summed E-state index contributed by atoms with van der Waals surface area (Å²) < 4.78 is 1.86. The zero-order valence-electron chi connectivity index (χ0n) is 12.1. The van der Waals surface area contributed by atoms with Crippen molar-refractivity contribution in [3.8, 4) is 0 Å². The van der Waals surface area contributed by atoms with Crippen LogP contribution in [0.2, 0.25) is 5.02 Å². The van der Waals surface area contributed by atoms with E-state index in [1.807, 2.05) is 42.2 Å². The van der Waals surface area contributed by atoms with Crippen LogP contribution in [0.15, 0.2) is 36.7 Å². The van der Waals surface area contributed by atoms with Crippen LogP contribution in [-0.4, -0.2) is 14.8 Å². The maximum absolute atomic E-state index is 6.09. The number of hydrogen-bond donors (Lipinski definition) is 1. The highest BCUT2D eigenvalue weighted by Crippen LogP contribution is 2.25. The second-order valence-electron chi connectivity index (χ2n) is 5.00. The summed E-state index contributed by atoms with van der Waals surface area (Å²) >= 11 is 6.09. The summed E-state index contributed by atoms with van der Waals surface area (Å²) in [5.74, 6) is 0. The molecule has 0 atom stereocenters. The predicted octanol–water partition coefficient (Wildman–Crippen LogP) is 3.80. The predicted molar refractivity (Wildman–Crippen MR) is 86.7 cm³/mol. The van der Waals surface area contributed by atoms with Crippen molar-refractivity contribution in [3.05, 3.63) is 52.9 Å². The molecule has 0 radical (unpaired) electrons. The van der Waals surface area contributed by atoms with Crippen molar-refractivity contribution in [1.82, 2.24) is 14.8 Å². The Hall–Kier alpha value is -2.07. The van der Waals surface area contributed by atoms with Gasteiger partial charge in [-0.2, -0.15) is 5.10 Å². The van der Waals surface area contributed by atoms with E-state index in [1.54, 1.807) is 0 Å². The van der Waals surface area contributed by atoms with E-state index >= 15 is 0 Å². The summed E-state index contributed by atoms with van der Waals surface area (Å²) in [6.45, 7) is 2.86. The fourth-order valence-corrected chi connectivity index (χ4v) is 2.66. The van der Waals surface area contributed by atoms with Gasteiger partial charge in [-0.25, -0.2) is 0 Å². The summed E-state index contributed by atoms with van der Waals surface area (Å²) in [7, 11) is 1.95. The quantitative estimate of drug-likeness (QED) is 0.797. The lowest BCUT2D eigenvalue weighted by Crippen LogP contribution is -2.02. The molecule has 0 aliphatic rings. The summed E-state index contributed by atoms with van der Waals surface area (Å²) in [5, 5.41) is 9.68. The van der Waals surface area contributed by atoms with E-state index in [0.29, 0.717) is 5.02 Å². The molecule has 1 N–H and O–H groups in total. The van der Waals surface area contributed by atoms with Gasteiger partial charge in [-0.1, -0.05) is 18.5 Å². The number of anilines is 1. The molecule has 0 aliphatic heterocycles. The minimum Gasteiger partial charge on any atom is -0.380 e. The first-order valence-corrected chi connectivity index (χ1v) is 7.34. The molecule has 2 heterocycles. The lowest BCUT2D eigenvalue weighted by Gasteiger charge is -2.09. The number of pyridine rings is 1. The summed E-state index contributed by atoms with van der Waals surface area (Å²) in [4.78, 5) is 4.36. The number of nitrogens with zero attached hydrogens (tertiary/aromatic N) is 3. The molecule has 3 aromatic rings. The van der Waals surface area contributed by atoms with Crippen molar-refractivity contribution in [2.24, 2.45) is 7.05 Å². The number of halogens is 1. The molecule has 21 heavy (non-hydrogen) atoms. The van der Waals surface area contributed by atoms with Gasteiger partial charge in [0.2, 0.25) is 0 Å². The Morgan fingerprint density at radius 3 is 2.95 bits per heavy atom. The molecular weight excluding hydrogens is 284 g/mol. The van der Waals surface area contributed by atoms with Crippen LogP contribution >= 0.6 is 11.6 Å². The maximum Gasteiger partial charge on any atom is 0.0723 e. The number of fused-ring (bicyclic) bond motifs is 1. The molecule has 1 aromatic carbocycles. The molecule has 0 aliphatic carbocycles. The fraction of sp³-hybridized carbons (Fsp3) is 0.250. The minimum atomic E-state index is 0.717. The molecule has 108 valence electrons. The lowest BCUT2D eigenvalue weighted by molar-refractivity contribution is 0.746. The monoisotopic (exact) mass is 300 g/mol. The molecule has 0 spiro atoms. The van der Waals surface area contributed by atoms with Crippen molar-refractivity contribution >= 4 is 28.2 Å². The Morgan fingerprint density at radius 1 is 1.29 bits per heavy atom. The molecule has 3 rings (SSSR count). The normalized spacial score (nSPS) is 11.0. The first kappa shape index (κ1) is 13.9. The highest BCUT2D eigenvalue weighted by Gasteiger charge is 2.07. The Labute approximate surface area is 128 Å². The van der Waals surface area contributed by atoms with E-state index < -0.39 is 0 Å². The SMILES string of the molecule is CCc1nn(C)cc1CNc1ccnc2ccc(Cl)cc12. The van der Waals surface area contributed by atoms with E-state index in [1.165, 1.54) is 5.56 Å². The highest BCUT2D eigenvalue weighted by atomic mass is 35.5. The third-order valence-electron chi connectivity index (χ3n) is 3.50. The van der Waals surface area contributed by atoms with Gasteiger partial charge in [0.05, 0.1) is 11.2 Å². The zero-order valence-corrected chi connectivity index (χ0v) is 12.9.